The molecule has 2 nitrogen and oxygen atoms in total. The second-order valence-electron chi connectivity index (χ2n) is 4.81. The zero-order valence-electron chi connectivity index (χ0n) is 11.1. The Kier molecular flexibility index (Phi) is 4.53. The number of nitrogens with zero attached hydrogens (tertiary/aromatic N) is 1. The Morgan fingerprint density at radius 1 is 1.05 bits per heavy atom. The van der Waals surface area contributed by atoms with Crippen LogP contribution < -0.4 is 5.73 Å². The zero-order valence-corrected chi connectivity index (χ0v) is 11.1. The predicted octanol–water partition coefficient (Wildman–Crippen LogP) is 3.08. The van der Waals surface area contributed by atoms with Gasteiger partial charge < -0.3 is 10.6 Å². The summed E-state index contributed by atoms with van der Waals surface area (Å²) in [6.45, 7) is 1.73. The summed E-state index contributed by atoms with van der Waals surface area (Å²) in [4.78, 5) is 2.21. The number of para-hydroxylation sites is 1. The molecule has 0 aromatic heterocycles. The summed E-state index contributed by atoms with van der Waals surface area (Å²) in [5.74, 6) is -0.191. The van der Waals surface area contributed by atoms with Gasteiger partial charge in [0, 0.05) is 18.8 Å². The highest BCUT2D eigenvalue weighted by atomic mass is 19.1. The molecule has 0 fully saturated rings. The van der Waals surface area contributed by atoms with Crippen LogP contribution in [0, 0.1) is 5.82 Å². The Labute approximate surface area is 113 Å². The second-order valence-corrected chi connectivity index (χ2v) is 4.81. The van der Waals surface area contributed by atoms with Crippen LogP contribution in [0.15, 0.2) is 48.5 Å². The fourth-order valence-electron chi connectivity index (χ4n) is 2.05. The zero-order chi connectivity index (χ0) is 13.7. The SMILES string of the molecule is CN(CCc1ccccc1N)Cc1ccc(F)cc1. The molecule has 0 aliphatic rings. The summed E-state index contributed by atoms with van der Waals surface area (Å²) in [7, 11) is 2.06. The van der Waals surface area contributed by atoms with Gasteiger partial charge >= 0.3 is 0 Å². The van der Waals surface area contributed by atoms with Gasteiger partial charge in [-0.2, -0.15) is 0 Å². The molecule has 2 aromatic rings. The molecule has 0 amide bonds. The molecule has 0 unspecified atom stereocenters. The van der Waals surface area contributed by atoms with Crippen LogP contribution in [0.25, 0.3) is 0 Å². The molecule has 2 N–H and O–H groups in total. The van der Waals surface area contributed by atoms with Crippen LogP contribution in [0.5, 0.6) is 0 Å². The van der Waals surface area contributed by atoms with E-state index in [0.717, 1.165) is 30.8 Å². The Morgan fingerprint density at radius 2 is 1.74 bits per heavy atom. The highest BCUT2D eigenvalue weighted by Crippen LogP contribution is 2.12. The minimum atomic E-state index is -0.191. The molecule has 0 aliphatic carbocycles. The second kappa shape index (κ2) is 6.34. The third kappa shape index (κ3) is 4.07. The van der Waals surface area contributed by atoms with E-state index in [1.54, 1.807) is 0 Å². The smallest absolute Gasteiger partial charge is 0.123 e. The van der Waals surface area contributed by atoms with Gasteiger partial charge in [-0.15, -0.1) is 0 Å². The number of hydrogen-bond donors (Lipinski definition) is 1. The molecule has 2 rings (SSSR count). The summed E-state index contributed by atoms with van der Waals surface area (Å²) in [6, 6.07) is 14.6. The summed E-state index contributed by atoms with van der Waals surface area (Å²) in [5, 5.41) is 0. The molecule has 0 saturated heterocycles. The number of hydrogen-bond acceptors (Lipinski definition) is 2. The van der Waals surface area contributed by atoms with Crippen molar-refractivity contribution in [1.82, 2.24) is 4.90 Å². The van der Waals surface area contributed by atoms with Crippen molar-refractivity contribution >= 4 is 5.69 Å². The van der Waals surface area contributed by atoms with Crippen molar-refractivity contribution in [3.05, 3.63) is 65.5 Å². The number of benzene rings is 2. The third-order valence-electron chi connectivity index (χ3n) is 3.18. The van der Waals surface area contributed by atoms with Crippen molar-refractivity contribution < 1.29 is 4.39 Å². The van der Waals surface area contributed by atoms with Crippen LogP contribution in [0.3, 0.4) is 0 Å². The van der Waals surface area contributed by atoms with Gasteiger partial charge in [-0.25, -0.2) is 4.39 Å². The Hall–Kier alpha value is -1.87. The molecular formula is C16H19FN2. The number of anilines is 1. The first-order chi connectivity index (χ1) is 9.15. The van der Waals surface area contributed by atoms with E-state index in [1.165, 1.54) is 17.7 Å². The van der Waals surface area contributed by atoms with E-state index in [-0.39, 0.29) is 5.82 Å². The molecule has 3 heteroatoms. The Bertz CT molecular complexity index is 523. The van der Waals surface area contributed by atoms with Gasteiger partial charge in [0.2, 0.25) is 0 Å². The normalized spacial score (nSPS) is 10.9. The van der Waals surface area contributed by atoms with Crippen LogP contribution >= 0.6 is 0 Å². The maximum atomic E-state index is 12.8. The van der Waals surface area contributed by atoms with Crippen LogP contribution in [-0.2, 0) is 13.0 Å². The van der Waals surface area contributed by atoms with Crippen molar-refractivity contribution in [3.63, 3.8) is 0 Å². The lowest BCUT2D eigenvalue weighted by Crippen LogP contribution is -2.21. The van der Waals surface area contributed by atoms with Gasteiger partial charge in [-0.1, -0.05) is 30.3 Å². The molecule has 0 saturated carbocycles. The lowest BCUT2D eigenvalue weighted by Gasteiger charge is -2.17. The largest absolute Gasteiger partial charge is 0.399 e. The lowest BCUT2D eigenvalue weighted by atomic mass is 10.1. The van der Waals surface area contributed by atoms with Crippen molar-refractivity contribution in [2.75, 3.05) is 19.3 Å². The van der Waals surface area contributed by atoms with Crippen molar-refractivity contribution in [2.45, 2.75) is 13.0 Å². The van der Waals surface area contributed by atoms with E-state index in [1.807, 2.05) is 30.3 Å². The highest BCUT2D eigenvalue weighted by Gasteiger charge is 2.03. The maximum absolute atomic E-state index is 12.8. The molecular weight excluding hydrogens is 239 g/mol. The monoisotopic (exact) mass is 258 g/mol. The van der Waals surface area contributed by atoms with Gasteiger partial charge in [0.1, 0.15) is 5.82 Å². The average molecular weight is 258 g/mol. The minimum Gasteiger partial charge on any atom is -0.399 e. The van der Waals surface area contributed by atoms with E-state index in [4.69, 9.17) is 5.73 Å². The van der Waals surface area contributed by atoms with E-state index < -0.39 is 0 Å². The van der Waals surface area contributed by atoms with E-state index in [0.29, 0.717) is 0 Å². The topological polar surface area (TPSA) is 29.3 Å². The Morgan fingerprint density at radius 3 is 2.42 bits per heavy atom. The Balaban J connectivity index is 1.86. The molecule has 0 atom stereocenters. The van der Waals surface area contributed by atoms with E-state index in [9.17, 15) is 4.39 Å². The summed E-state index contributed by atoms with van der Waals surface area (Å²) in [5.41, 5.74) is 9.05. The van der Waals surface area contributed by atoms with E-state index >= 15 is 0 Å². The van der Waals surface area contributed by atoms with Gasteiger partial charge in [0.05, 0.1) is 0 Å². The number of rotatable bonds is 5. The molecule has 0 spiro atoms. The fourth-order valence-corrected chi connectivity index (χ4v) is 2.05. The summed E-state index contributed by atoms with van der Waals surface area (Å²) in [6.07, 6.45) is 0.921. The molecule has 0 bridgehead atoms. The minimum absolute atomic E-state index is 0.191. The summed E-state index contributed by atoms with van der Waals surface area (Å²) >= 11 is 0. The standard InChI is InChI=1S/C16H19FN2/c1-19(12-13-6-8-15(17)9-7-13)11-10-14-4-2-3-5-16(14)18/h2-9H,10-12,18H2,1H3. The number of nitrogen functional groups attached to an aromatic ring is 1. The molecule has 0 heterocycles. The van der Waals surface area contributed by atoms with E-state index in [2.05, 4.69) is 18.0 Å². The lowest BCUT2D eigenvalue weighted by molar-refractivity contribution is 0.331. The number of nitrogens with two attached hydrogens (primary N) is 1. The van der Waals surface area contributed by atoms with Gasteiger partial charge in [-0.05, 0) is 42.8 Å². The first-order valence-electron chi connectivity index (χ1n) is 6.41. The van der Waals surface area contributed by atoms with Crippen molar-refractivity contribution in [3.8, 4) is 0 Å². The summed E-state index contributed by atoms with van der Waals surface area (Å²) < 4.78 is 12.8. The van der Waals surface area contributed by atoms with Crippen LogP contribution in [0.2, 0.25) is 0 Å². The molecule has 0 radical (unpaired) electrons. The predicted molar refractivity (Wildman–Crippen MR) is 77.3 cm³/mol. The highest BCUT2D eigenvalue weighted by molar-refractivity contribution is 5.46. The fraction of sp³-hybridized carbons (Fsp3) is 0.250. The van der Waals surface area contributed by atoms with Crippen LogP contribution in [0.1, 0.15) is 11.1 Å². The first-order valence-corrected chi connectivity index (χ1v) is 6.41. The van der Waals surface area contributed by atoms with Crippen molar-refractivity contribution in [2.24, 2.45) is 0 Å². The van der Waals surface area contributed by atoms with Crippen LogP contribution in [0.4, 0.5) is 10.1 Å². The number of halogens is 1. The van der Waals surface area contributed by atoms with Crippen molar-refractivity contribution in [1.29, 1.82) is 0 Å². The van der Waals surface area contributed by atoms with Gasteiger partial charge in [0.15, 0.2) is 0 Å². The third-order valence-corrected chi connectivity index (χ3v) is 3.18. The van der Waals surface area contributed by atoms with Crippen LogP contribution in [-0.4, -0.2) is 18.5 Å². The first kappa shape index (κ1) is 13.6. The number of likely N-dealkylation sites (N-methyl/N-ethyl adjacent to an activating group) is 1. The molecule has 2 aromatic carbocycles. The molecule has 0 aliphatic heterocycles. The molecule has 100 valence electrons. The average Bonchev–Trinajstić information content (AvgIpc) is 2.40. The maximum Gasteiger partial charge on any atom is 0.123 e. The molecule has 19 heavy (non-hydrogen) atoms. The van der Waals surface area contributed by atoms with Gasteiger partial charge in [0.25, 0.3) is 0 Å². The van der Waals surface area contributed by atoms with Gasteiger partial charge in [-0.3, -0.25) is 0 Å². The quantitative estimate of drug-likeness (QED) is 0.835.